The van der Waals surface area contributed by atoms with E-state index in [-0.39, 0.29) is 6.71 Å². The van der Waals surface area contributed by atoms with Crippen molar-refractivity contribution in [2.24, 2.45) is 0 Å². The smallest absolute Gasteiger partial charge is 0.260 e. The molecule has 0 N–H and O–H groups in total. The van der Waals surface area contributed by atoms with Crippen LogP contribution in [0.15, 0.2) is 224 Å². The molecule has 2 heterocycles. The Morgan fingerprint density at radius 3 is 1.02 bits per heavy atom. The van der Waals surface area contributed by atoms with Crippen LogP contribution in [-0.4, -0.2) is 6.71 Å². The first-order valence-electron chi connectivity index (χ1n) is 20.0. The second kappa shape index (κ2) is 14.6. The number of nitrogens with zero attached hydrogens (tertiary/aromatic N) is 2. The maximum Gasteiger partial charge on any atom is 0.260 e. The lowest BCUT2D eigenvalue weighted by molar-refractivity contribution is 0.464. The monoisotopic (exact) mass is 756 g/mol. The van der Waals surface area contributed by atoms with Gasteiger partial charge in [-0.2, -0.15) is 0 Å². The molecule has 0 saturated heterocycles. The van der Waals surface area contributed by atoms with E-state index >= 15 is 0 Å². The lowest BCUT2D eigenvalue weighted by Crippen LogP contribution is -2.57. The van der Waals surface area contributed by atoms with E-state index in [0.29, 0.717) is 0 Å². The van der Waals surface area contributed by atoms with Crippen molar-refractivity contribution in [2.75, 3.05) is 9.80 Å². The van der Waals surface area contributed by atoms with E-state index in [1.807, 2.05) is 6.07 Å². The summed E-state index contributed by atoms with van der Waals surface area (Å²) in [6.07, 6.45) is 0. The Morgan fingerprint density at radius 2 is 0.610 bits per heavy atom. The molecule has 4 nitrogen and oxygen atoms in total. The average molecular weight is 757 g/mol. The molecule has 0 saturated carbocycles. The topological polar surface area (TPSA) is 24.9 Å². The van der Waals surface area contributed by atoms with Crippen LogP contribution in [0.4, 0.5) is 34.1 Å². The first kappa shape index (κ1) is 34.5. The summed E-state index contributed by atoms with van der Waals surface area (Å²) in [6.45, 7) is -0.0672. The molecule has 0 amide bonds. The Balaban J connectivity index is 0.985. The van der Waals surface area contributed by atoms with Crippen LogP contribution in [0.1, 0.15) is 0 Å². The fourth-order valence-electron chi connectivity index (χ4n) is 8.60. The summed E-state index contributed by atoms with van der Waals surface area (Å²) in [5, 5.41) is 0. The van der Waals surface area contributed by atoms with Gasteiger partial charge in [-0.1, -0.05) is 140 Å². The lowest BCUT2D eigenvalue weighted by Gasteiger charge is -2.34. The van der Waals surface area contributed by atoms with E-state index in [9.17, 15) is 0 Å². The normalized spacial score (nSPS) is 12.0. The van der Waals surface area contributed by atoms with Gasteiger partial charge in [-0.15, -0.1) is 0 Å². The van der Waals surface area contributed by atoms with E-state index < -0.39 is 0 Å². The van der Waals surface area contributed by atoms with Crippen LogP contribution in [0.3, 0.4) is 0 Å². The quantitative estimate of drug-likeness (QED) is 0.144. The van der Waals surface area contributed by atoms with Gasteiger partial charge in [0, 0.05) is 51.7 Å². The molecule has 11 rings (SSSR count). The molecular formula is C54H37BN2O2. The van der Waals surface area contributed by atoms with Gasteiger partial charge in [-0.3, -0.25) is 0 Å². The largest absolute Gasteiger partial charge is 0.458 e. The Kier molecular flexibility index (Phi) is 8.56. The van der Waals surface area contributed by atoms with Crippen molar-refractivity contribution in [3.63, 3.8) is 0 Å². The third kappa shape index (κ3) is 6.30. The zero-order valence-electron chi connectivity index (χ0n) is 32.2. The summed E-state index contributed by atoms with van der Waals surface area (Å²) in [7, 11) is 0. The van der Waals surface area contributed by atoms with E-state index in [4.69, 9.17) is 9.47 Å². The van der Waals surface area contributed by atoms with Crippen molar-refractivity contribution in [3.8, 4) is 45.3 Å². The molecule has 0 aromatic heterocycles. The highest BCUT2D eigenvalue weighted by molar-refractivity contribution is 6.98. The van der Waals surface area contributed by atoms with Crippen LogP contribution < -0.4 is 35.7 Å². The summed E-state index contributed by atoms with van der Waals surface area (Å²) < 4.78 is 13.6. The third-order valence-corrected chi connectivity index (χ3v) is 11.4. The van der Waals surface area contributed by atoms with Crippen LogP contribution in [0.25, 0.3) is 22.3 Å². The van der Waals surface area contributed by atoms with Crippen molar-refractivity contribution < 1.29 is 9.47 Å². The fourth-order valence-corrected chi connectivity index (χ4v) is 8.60. The zero-order valence-corrected chi connectivity index (χ0v) is 32.2. The molecule has 0 atom stereocenters. The van der Waals surface area contributed by atoms with Crippen molar-refractivity contribution in [2.45, 2.75) is 0 Å². The Labute approximate surface area is 344 Å². The molecule has 9 aromatic rings. The number of benzene rings is 9. The van der Waals surface area contributed by atoms with Gasteiger partial charge in [-0.25, -0.2) is 0 Å². The molecule has 0 bridgehead atoms. The number of hydrogen-bond donors (Lipinski definition) is 0. The van der Waals surface area contributed by atoms with Crippen LogP contribution >= 0.6 is 0 Å². The summed E-state index contributed by atoms with van der Waals surface area (Å²) in [6, 6.07) is 79.0. The first-order valence-corrected chi connectivity index (χ1v) is 20.0. The number of para-hydroxylation sites is 2. The van der Waals surface area contributed by atoms with Crippen LogP contribution in [-0.2, 0) is 0 Å². The minimum absolute atomic E-state index is 0.0672. The molecule has 0 radical (unpaired) electrons. The highest BCUT2D eigenvalue weighted by Gasteiger charge is 2.40. The van der Waals surface area contributed by atoms with Gasteiger partial charge >= 0.3 is 0 Å². The fraction of sp³-hybridized carbons (Fsp3) is 0. The predicted molar refractivity (Wildman–Crippen MR) is 244 cm³/mol. The molecule has 2 aliphatic heterocycles. The molecule has 2 aliphatic rings. The summed E-state index contributed by atoms with van der Waals surface area (Å²) >= 11 is 0. The Hall–Kier alpha value is -7.76. The maximum absolute atomic E-state index is 6.78. The van der Waals surface area contributed by atoms with Crippen LogP contribution in [0.2, 0.25) is 0 Å². The number of rotatable bonds is 8. The molecular weight excluding hydrogens is 719 g/mol. The number of anilines is 6. The second-order valence-corrected chi connectivity index (χ2v) is 14.9. The minimum Gasteiger partial charge on any atom is -0.458 e. The Morgan fingerprint density at radius 1 is 0.271 bits per heavy atom. The average Bonchev–Trinajstić information content (AvgIpc) is 3.31. The molecule has 0 unspecified atom stereocenters. The molecule has 0 fully saturated rings. The third-order valence-electron chi connectivity index (χ3n) is 11.4. The molecule has 9 aromatic carbocycles. The van der Waals surface area contributed by atoms with E-state index in [0.717, 1.165) is 73.5 Å². The van der Waals surface area contributed by atoms with Gasteiger partial charge < -0.3 is 19.3 Å². The van der Waals surface area contributed by atoms with Crippen molar-refractivity contribution in [3.05, 3.63) is 224 Å². The summed E-state index contributed by atoms with van der Waals surface area (Å²) in [4.78, 5) is 4.58. The zero-order chi connectivity index (χ0) is 39.1. The molecule has 5 heteroatoms. The molecule has 278 valence electrons. The van der Waals surface area contributed by atoms with E-state index in [1.54, 1.807) is 0 Å². The highest BCUT2D eigenvalue weighted by atomic mass is 16.5. The molecule has 0 spiro atoms. The van der Waals surface area contributed by atoms with Crippen LogP contribution in [0.5, 0.6) is 23.0 Å². The number of fused-ring (bicyclic) bond motifs is 4. The van der Waals surface area contributed by atoms with Gasteiger partial charge in [-0.05, 0) is 106 Å². The lowest BCUT2D eigenvalue weighted by atomic mass is 9.35. The van der Waals surface area contributed by atoms with Gasteiger partial charge in [0.25, 0.3) is 6.71 Å². The number of hydrogen-bond acceptors (Lipinski definition) is 4. The summed E-state index contributed by atoms with van der Waals surface area (Å²) in [5.74, 6) is 3.30. The minimum atomic E-state index is -0.0672. The Bertz CT molecular complexity index is 2730. The van der Waals surface area contributed by atoms with Gasteiger partial charge in [0.2, 0.25) is 0 Å². The van der Waals surface area contributed by atoms with Gasteiger partial charge in [0.1, 0.15) is 23.0 Å². The second-order valence-electron chi connectivity index (χ2n) is 14.9. The predicted octanol–water partition coefficient (Wildman–Crippen LogP) is 12.7. The van der Waals surface area contributed by atoms with Crippen molar-refractivity contribution >= 4 is 57.2 Å². The summed E-state index contributed by atoms with van der Waals surface area (Å²) in [5.41, 5.74) is 14.3. The standard InChI is InChI=1S/C54H37BN2O2/c1-5-14-38(15-6-1)40-24-28-44(29-25-40)56(42-18-9-3-10-19-42)46-32-34-48-52(36-46)58-50-22-13-23-51-54(50)55(48)49-35-33-47(37-53(49)59-51)57(43-20-11-4-12-21-43)45-30-26-41(27-31-45)39-16-7-2-8-17-39/h1-37H. The maximum atomic E-state index is 6.78. The van der Waals surface area contributed by atoms with E-state index in [2.05, 4.69) is 228 Å². The highest BCUT2D eigenvalue weighted by Crippen LogP contribution is 2.42. The number of ether oxygens (including phenoxy) is 2. The first-order chi connectivity index (χ1) is 29.2. The molecule has 59 heavy (non-hydrogen) atoms. The molecule has 0 aliphatic carbocycles. The van der Waals surface area contributed by atoms with Crippen LogP contribution in [0, 0.1) is 0 Å². The van der Waals surface area contributed by atoms with Gasteiger partial charge in [0.05, 0.1) is 0 Å². The SMILES string of the molecule is c1ccc(-c2ccc(N(c3ccccc3)c3ccc4c(c3)Oc3cccc5c3B4c3ccc(N(c4ccccc4)c4ccc(-c6ccccc6)cc4)cc3O5)cc2)cc1. The van der Waals surface area contributed by atoms with Crippen molar-refractivity contribution in [1.29, 1.82) is 0 Å². The van der Waals surface area contributed by atoms with Gasteiger partial charge in [0.15, 0.2) is 0 Å². The van der Waals surface area contributed by atoms with Crippen molar-refractivity contribution in [1.82, 2.24) is 0 Å². The van der Waals surface area contributed by atoms with E-state index in [1.165, 1.54) is 22.3 Å².